The van der Waals surface area contributed by atoms with E-state index in [0.717, 1.165) is 6.42 Å². The van der Waals surface area contributed by atoms with Crippen molar-refractivity contribution in [3.8, 4) is 0 Å². The van der Waals surface area contributed by atoms with E-state index in [1.165, 1.54) is 0 Å². The minimum absolute atomic E-state index is 0.248. The van der Waals surface area contributed by atoms with Crippen molar-refractivity contribution < 1.29 is 9.53 Å². The minimum atomic E-state index is -1.01. The van der Waals surface area contributed by atoms with Gasteiger partial charge in [-0.25, -0.2) is 0 Å². The molecular formula is C8H14ClNO2. The summed E-state index contributed by atoms with van der Waals surface area (Å²) < 4.78 is 4.90. The first-order valence-corrected chi connectivity index (χ1v) is 4.53. The van der Waals surface area contributed by atoms with Gasteiger partial charge in [0.2, 0.25) is 5.18 Å². The number of hydrogen-bond acceptors (Lipinski definition) is 3. The van der Waals surface area contributed by atoms with Gasteiger partial charge in [0.25, 0.3) is 0 Å². The summed E-state index contributed by atoms with van der Waals surface area (Å²) in [6.07, 6.45) is 0.930. The van der Waals surface area contributed by atoms with Gasteiger partial charge in [0.1, 0.15) is 6.04 Å². The van der Waals surface area contributed by atoms with Gasteiger partial charge < -0.3 is 4.74 Å². The van der Waals surface area contributed by atoms with Gasteiger partial charge in [-0.1, -0.05) is 31.9 Å². The number of carbonyl (C=O) groups excluding carboxylic acids is 1. The molecule has 1 rings (SSSR count). The van der Waals surface area contributed by atoms with Crippen LogP contribution in [0.3, 0.4) is 0 Å². The van der Waals surface area contributed by atoms with Gasteiger partial charge >= 0.3 is 5.97 Å². The van der Waals surface area contributed by atoms with Crippen LogP contribution < -0.4 is 5.32 Å². The fraction of sp³-hybridized carbons (Fsp3) is 0.875. The quantitative estimate of drug-likeness (QED) is 0.408. The fourth-order valence-corrected chi connectivity index (χ4v) is 1.42. The van der Waals surface area contributed by atoms with E-state index in [-0.39, 0.29) is 17.9 Å². The van der Waals surface area contributed by atoms with Crippen LogP contribution in [0.15, 0.2) is 0 Å². The Morgan fingerprint density at radius 2 is 2.42 bits per heavy atom. The maximum atomic E-state index is 11.2. The Hall–Kier alpha value is -0.280. The van der Waals surface area contributed by atoms with Crippen LogP contribution in [0.4, 0.5) is 0 Å². The van der Waals surface area contributed by atoms with Crippen molar-refractivity contribution in [2.45, 2.75) is 38.4 Å². The highest BCUT2D eigenvalue weighted by Gasteiger charge is 2.43. The van der Waals surface area contributed by atoms with Crippen molar-refractivity contribution >= 4 is 17.6 Å². The molecule has 1 heterocycles. The lowest BCUT2D eigenvalue weighted by molar-refractivity contribution is -0.144. The largest absolute Gasteiger partial charge is 0.429 e. The lowest BCUT2D eigenvalue weighted by Crippen LogP contribution is -2.40. The monoisotopic (exact) mass is 191 g/mol. The number of alkyl halides is 1. The highest BCUT2D eigenvalue weighted by Crippen LogP contribution is 2.25. The maximum Gasteiger partial charge on any atom is 0.326 e. The second-order valence-corrected chi connectivity index (χ2v) is 4.07. The molecule has 4 heteroatoms. The SMILES string of the molecule is CCC(C)[C@@H]1N[C@](C)(Cl)OC1=O. The van der Waals surface area contributed by atoms with Crippen LogP contribution in [0.5, 0.6) is 0 Å². The molecule has 3 atom stereocenters. The van der Waals surface area contributed by atoms with E-state index in [4.69, 9.17) is 16.3 Å². The number of halogens is 1. The van der Waals surface area contributed by atoms with Crippen molar-refractivity contribution in [3.05, 3.63) is 0 Å². The molecule has 1 saturated heterocycles. The molecule has 0 aliphatic carbocycles. The van der Waals surface area contributed by atoms with E-state index < -0.39 is 5.18 Å². The lowest BCUT2D eigenvalue weighted by Gasteiger charge is -2.16. The normalized spacial score (nSPS) is 38.0. The van der Waals surface area contributed by atoms with Crippen LogP contribution in [-0.4, -0.2) is 17.2 Å². The molecule has 3 nitrogen and oxygen atoms in total. The zero-order valence-electron chi connectivity index (χ0n) is 7.56. The summed E-state index contributed by atoms with van der Waals surface area (Å²) in [4.78, 5) is 11.2. The average Bonchev–Trinajstić information content (AvgIpc) is 2.23. The highest BCUT2D eigenvalue weighted by molar-refractivity contribution is 6.23. The molecule has 70 valence electrons. The van der Waals surface area contributed by atoms with Crippen molar-refractivity contribution in [3.63, 3.8) is 0 Å². The van der Waals surface area contributed by atoms with Gasteiger partial charge in [0.15, 0.2) is 0 Å². The lowest BCUT2D eigenvalue weighted by atomic mass is 10.0. The summed E-state index contributed by atoms with van der Waals surface area (Å²) in [7, 11) is 0. The summed E-state index contributed by atoms with van der Waals surface area (Å²) in [5.41, 5.74) is 0. The third kappa shape index (κ3) is 1.90. The van der Waals surface area contributed by atoms with Crippen LogP contribution in [-0.2, 0) is 9.53 Å². The third-order valence-corrected chi connectivity index (χ3v) is 2.36. The van der Waals surface area contributed by atoms with Crippen LogP contribution >= 0.6 is 11.6 Å². The first-order valence-electron chi connectivity index (χ1n) is 4.15. The number of hydrogen-bond donors (Lipinski definition) is 1. The molecule has 1 fully saturated rings. The van der Waals surface area contributed by atoms with Gasteiger partial charge in [0, 0.05) is 6.92 Å². The molecule has 0 bridgehead atoms. The van der Waals surface area contributed by atoms with Crippen molar-refractivity contribution in [2.24, 2.45) is 5.92 Å². The summed E-state index contributed by atoms with van der Waals surface area (Å²) >= 11 is 5.80. The molecule has 0 aromatic rings. The molecule has 0 radical (unpaired) electrons. The Morgan fingerprint density at radius 3 is 2.75 bits per heavy atom. The van der Waals surface area contributed by atoms with Gasteiger partial charge in [0.05, 0.1) is 0 Å². The standard InChI is InChI=1S/C8H14ClNO2/c1-4-5(2)6-7(11)12-8(3,9)10-6/h5-6,10H,4H2,1-3H3/t5?,6-,8-/m0/s1. The first-order chi connectivity index (χ1) is 5.46. The molecule has 0 amide bonds. The van der Waals surface area contributed by atoms with Crippen LogP contribution in [0.2, 0.25) is 0 Å². The van der Waals surface area contributed by atoms with Gasteiger partial charge in [-0.2, -0.15) is 0 Å². The molecule has 1 N–H and O–H groups in total. The summed E-state index contributed by atoms with van der Waals surface area (Å²) in [5, 5.41) is 1.92. The minimum Gasteiger partial charge on any atom is -0.429 e. The smallest absolute Gasteiger partial charge is 0.326 e. The Labute approximate surface area is 77.4 Å². The number of esters is 1. The molecule has 1 unspecified atom stereocenters. The third-order valence-electron chi connectivity index (χ3n) is 2.17. The predicted octanol–water partition coefficient (Wildman–Crippen LogP) is 1.46. The Morgan fingerprint density at radius 1 is 1.83 bits per heavy atom. The highest BCUT2D eigenvalue weighted by atomic mass is 35.5. The summed E-state index contributed by atoms with van der Waals surface area (Å²) in [5.74, 6) is 0.0138. The van der Waals surface area contributed by atoms with Crippen molar-refractivity contribution in [1.82, 2.24) is 5.32 Å². The van der Waals surface area contributed by atoms with Crippen LogP contribution in [0.25, 0.3) is 0 Å². The Kier molecular flexibility index (Phi) is 2.64. The second kappa shape index (κ2) is 3.23. The van der Waals surface area contributed by atoms with E-state index in [2.05, 4.69) is 5.32 Å². The number of nitrogens with one attached hydrogen (secondary N) is 1. The molecule has 0 spiro atoms. The summed E-state index contributed by atoms with van der Waals surface area (Å²) in [6.45, 7) is 5.66. The van der Waals surface area contributed by atoms with Gasteiger partial charge in [-0.3, -0.25) is 10.1 Å². The zero-order chi connectivity index (χ0) is 9.35. The predicted molar refractivity (Wildman–Crippen MR) is 46.7 cm³/mol. The van der Waals surface area contributed by atoms with Crippen molar-refractivity contribution in [2.75, 3.05) is 0 Å². The van der Waals surface area contributed by atoms with E-state index in [1.54, 1.807) is 6.92 Å². The molecular weight excluding hydrogens is 178 g/mol. The average molecular weight is 192 g/mol. The maximum absolute atomic E-state index is 11.2. The summed E-state index contributed by atoms with van der Waals surface area (Å²) in [6, 6.07) is -0.252. The number of cyclic esters (lactones) is 1. The van der Waals surface area contributed by atoms with E-state index in [0.29, 0.717) is 0 Å². The van der Waals surface area contributed by atoms with Crippen LogP contribution in [0.1, 0.15) is 27.2 Å². The van der Waals surface area contributed by atoms with E-state index in [9.17, 15) is 4.79 Å². The fourth-order valence-electron chi connectivity index (χ4n) is 1.23. The molecule has 1 aliphatic rings. The van der Waals surface area contributed by atoms with Gasteiger partial charge in [-0.15, -0.1) is 0 Å². The molecule has 0 aromatic carbocycles. The van der Waals surface area contributed by atoms with Crippen LogP contribution in [0, 0.1) is 5.92 Å². The second-order valence-electron chi connectivity index (χ2n) is 3.35. The molecule has 1 aliphatic heterocycles. The van der Waals surface area contributed by atoms with E-state index in [1.807, 2.05) is 13.8 Å². The molecule has 0 aromatic heterocycles. The number of ether oxygens (including phenoxy) is 1. The topological polar surface area (TPSA) is 38.3 Å². The zero-order valence-corrected chi connectivity index (χ0v) is 8.31. The molecule has 0 saturated carbocycles. The van der Waals surface area contributed by atoms with Crippen molar-refractivity contribution in [1.29, 1.82) is 0 Å². The first kappa shape index (κ1) is 9.81. The Bertz CT molecular complexity index is 193. The van der Waals surface area contributed by atoms with E-state index >= 15 is 0 Å². The van der Waals surface area contributed by atoms with Gasteiger partial charge in [-0.05, 0) is 5.92 Å². The number of carbonyl (C=O) groups is 1. The molecule has 12 heavy (non-hydrogen) atoms. The Balaban J connectivity index is 2.64. The number of rotatable bonds is 2.